The maximum atomic E-state index is 13.4. The molecule has 39 heavy (non-hydrogen) atoms. The van der Waals surface area contributed by atoms with Crippen LogP contribution in [0, 0.1) is 5.41 Å². The summed E-state index contributed by atoms with van der Waals surface area (Å²) in [6.45, 7) is 4.31. The molecule has 0 saturated heterocycles. The van der Waals surface area contributed by atoms with E-state index in [0.717, 1.165) is 13.8 Å². The van der Waals surface area contributed by atoms with Gasteiger partial charge >= 0.3 is 6.18 Å². The van der Waals surface area contributed by atoms with Gasteiger partial charge in [-0.1, -0.05) is 31.5 Å². The summed E-state index contributed by atoms with van der Waals surface area (Å²) in [7, 11) is -1.81. The number of nitrogens with one attached hydrogen (secondary N) is 1. The normalized spacial score (nSPS) is 20.6. The first-order valence-corrected chi connectivity index (χ1v) is 15.0. The molecule has 13 heteroatoms. The van der Waals surface area contributed by atoms with Gasteiger partial charge in [-0.05, 0) is 56.7 Å². The fraction of sp³-hybridized carbons (Fsp3) is 0.615. The Labute approximate surface area is 231 Å². The average Bonchev–Trinajstić information content (AvgIpc) is 3.17. The van der Waals surface area contributed by atoms with E-state index in [-0.39, 0.29) is 42.3 Å². The zero-order chi connectivity index (χ0) is 29.4. The summed E-state index contributed by atoms with van der Waals surface area (Å²) in [5.41, 5.74) is -2.01. The number of halogens is 4. The van der Waals surface area contributed by atoms with Crippen LogP contribution < -0.4 is 10.1 Å². The van der Waals surface area contributed by atoms with Gasteiger partial charge in [-0.15, -0.1) is 0 Å². The highest BCUT2D eigenvalue weighted by Crippen LogP contribution is 2.42. The number of carbonyl (C=O) groups excluding carboxylic acids is 1. The van der Waals surface area contributed by atoms with Crippen LogP contribution in [0.3, 0.4) is 0 Å². The maximum Gasteiger partial charge on any atom is 0.394 e. The number of nitrogens with zero attached hydrogens (tertiary/aromatic N) is 2. The smallest absolute Gasteiger partial charge is 0.394 e. The molecule has 8 nitrogen and oxygen atoms in total. The molecule has 0 radical (unpaired) electrons. The highest BCUT2D eigenvalue weighted by Gasteiger charge is 2.47. The molecule has 2 N–H and O–H groups in total. The molecule has 0 aliphatic heterocycles. The third kappa shape index (κ3) is 6.89. The van der Waals surface area contributed by atoms with Crippen molar-refractivity contribution in [2.75, 3.05) is 19.9 Å². The van der Waals surface area contributed by atoms with Gasteiger partial charge in [0.2, 0.25) is 0 Å². The minimum absolute atomic E-state index is 0.0313. The molecule has 1 aliphatic rings. The third-order valence-electron chi connectivity index (χ3n) is 7.39. The van der Waals surface area contributed by atoms with Crippen LogP contribution in [-0.4, -0.2) is 66.1 Å². The number of aromatic nitrogens is 2. The Bertz CT molecular complexity index is 1320. The first-order valence-electron chi connectivity index (χ1n) is 12.6. The van der Waals surface area contributed by atoms with E-state index in [1.807, 2.05) is 0 Å². The topological polar surface area (TPSA) is 111 Å². The summed E-state index contributed by atoms with van der Waals surface area (Å²) >= 11 is 6.62. The van der Waals surface area contributed by atoms with Crippen LogP contribution in [0.25, 0.3) is 11.3 Å². The number of carbonyl (C=O) groups is 1. The molecule has 1 aromatic heterocycles. The van der Waals surface area contributed by atoms with E-state index in [9.17, 15) is 31.5 Å². The van der Waals surface area contributed by atoms with Crippen LogP contribution in [-0.2, 0) is 22.8 Å². The number of hydrogen-bond donors (Lipinski definition) is 2. The summed E-state index contributed by atoms with van der Waals surface area (Å²) in [5, 5.41) is 17.4. The van der Waals surface area contributed by atoms with E-state index < -0.39 is 38.2 Å². The number of ether oxygens (including phenoxy) is 1. The van der Waals surface area contributed by atoms with Crippen LogP contribution in [0.5, 0.6) is 5.75 Å². The van der Waals surface area contributed by atoms with Crippen molar-refractivity contribution in [3.05, 3.63) is 34.5 Å². The van der Waals surface area contributed by atoms with Gasteiger partial charge in [-0.25, -0.2) is 8.42 Å². The maximum absolute atomic E-state index is 13.4. The summed E-state index contributed by atoms with van der Waals surface area (Å²) in [6.07, 6.45) is -2.41. The van der Waals surface area contributed by atoms with Crippen LogP contribution in [0.1, 0.15) is 62.5 Å². The van der Waals surface area contributed by atoms with Gasteiger partial charge in [0.05, 0.1) is 34.1 Å². The Morgan fingerprint density at radius 1 is 1.28 bits per heavy atom. The lowest BCUT2D eigenvalue weighted by Crippen LogP contribution is -2.47. The number of rotatable bonds is 9. The first kappa shape index (κ1) is 31.2. The number of aliphatic hydroxyl groups is 1. The van der Waals surface area contributed by atoms with E-state index >= 15 is 0 Å². The van der Waals surface area contributed by atoms with Crippen LogP contribution in [0.4, 0.5) is 13.2 Å². The molecule has 2 aromatic rings. The molecule has 1 amide bonds. The van der Waals surface area contributed by atoms with E-state index in [4.69, 9.17) is 16.3 Å². The number of sulfone groups is 1. The van der Waals surface area contributed by atoms with Crippen molar-refractivity contribution in [2.24, 2.45) is 5.41 Å². The van der Waals surface area contributed by atoms with Crippen molar-refractivity contribution in [1.29, 1.82) is 0 Å². The minimum Gasteiger partial charge on any atom is -0.496 e. The van der Waals surface area contributed by atoms with Crippen LogP contribution in [0.15, 0.2) is 18.2 Å². The van der Waals surface area contributed by atoms with E-state index in [0.29, 0.717) is 36.2 Å². The molecule has 0 atom stereocenters. The van der Waals surface area contributed by atoms with Crippen molar-refractivity contribution in [2.45, 2.75) is 76.4 Å². The van der Waals surface area contributed by atoms with E-state index in [1.54, 1.807) is 19.1 Å². The van der Waals surface area contributed by atoms with Gasteiger partial charge in [-0.2, -0.15) is 18.3 Å². The zero-order valence-corrected chi connectivity index (χ0v) is 24.2. The predicted molar refractivity (Wildman–Crippen MR) is 143 cm³/mol. The van der Waals surface area contributed by atoms with Crippen LogP contribution in [0.2, 0.25) is 5.02 Å². The Hall–Kier alpha value is -2.31. The molecular formula is C26H35ClF3N3O5S. The molecule has 1 aromatic carbocycles. The number of aryl methyl sites for hydroxylation is 1. The molecule has 3 rings (SSSR count). The minimum atomic E-state index is -4.38. The molecule has 1 fully saturated rings. The quantitative estimate of drug-likeness (QED) is 0.432. The number of methoxy groups -OCH3 is 1. The molecule has 1 heterocycles. The van der Waals surface area contributed by atoms with Crippen molar-refractivity contribution in [3.8, 4) is 17.0 Å². The highest BCUT2D eigenvalue weighted by atomic mass is 35.5. The Balaban J connectivity index is 1.83. The second-order valence-corrected chi connectivity index (χ2v) is 13.6. The Morgan fingerprint density at radius 2 is 1.90 bits per heavy atom. The monoisotopic (exact) mass is 593 g/mol. The average molecular weight is 594 g/mol. The fourth-order valence-electron chi connectivity index (χ4n) is 4.79. The zero-order valence-electron chi connectivity index (χ0n) is 22.7. The lowest BCUT2D eigenvalue weighted by Gasteiger charge is -2.35. The second-order valence-electron chi connectivity index (χ2n) is 10.9. The number of alkyl halides is 3. The van der Waals surface area contributed by atoms with E-state index in [2.05, 4.69) is 10.4 Å². The Kier molecular flexibility index (Phi) is 9.03. The summed E-state index contributed by atoms with van der Waals surface area (Å²) in [4.78, 5) is 13.0. The largest absolute Gasteiger partial charge is 0.496 e. The predicted octanol–water partition coefficient (Wildman–Crippen LogP) is 4.81. The Morgan fingerprint density at radius 3 is 2.41 bits per heavy atom. The molecule has 1 saturated carbocycles. The van der Waals surface area contributed by atoms with Crippen molar-refractivity contribution in [1.82, 2.24) is 15.1 Å². The number of benzene rings is 1. The first-order chi connectivity index (χ1) is 17.9. The summed E-state index contributed by atoms with van der Waals surface area (Å²) < 4.78 is 70.8. The lowest BCUT2D eigenvalue weighted by atomic mass is 9.84. The molecule has 0 unspecified atom stereocenters. The van der Waals surface area contributed by atoms with Gasteiger partial charge in [0.1, 0.15) is 15.6 Å². The highest BCUT2D eigenvalue weighted by molar-refractivity contribution is 7.91. The second kappa shape index (κ2) is 11.3. The third-order valence-corrected chi connectivity index (χ3v) is 9.43. The van der Waals surface area contributed by atoms with Gasteiger partial charge in [0.25, 0.3) is 5.91 Å². The number of hydrogen-bond acceptors (Lipinski definition) is 6. The molecule has 218 valence electrons. The number of amides is 1. The van der Waals surface area contributed by atoms with Crippen molar-refractivity contribution in [3.63, 3.8) is 0 Å². The van der Waals surface area contributed by atoms with Gasteiger partial charge in [0.15, 0.2) is 5.69 Å². The summed E-state index contributed by atoms with van der Waals surface area (Å²) in [6, 6.07) is 4.69. The standard InChI is InChI=1S/C26H35ClF3N3O5S/c1-6-33-22(18-8-7-16(13-19(18)38-4)14-24(2,3)26(28,29)30)20(27)21(32-33)23(34)31-15-25(35)11-9-17(10-12-25)39(5,36)37/h7-8,13,17,35H,6,9-12,14-15H2,1-5H3,(H,31,34). The van der Waals surface area contributed by atoms with Crippen LogP contribution >= 0.6 is 11.6 Å². The summed E-state index contributed by atoms with van der Waals surface area (Å²) in [5.74, 6) is -0.333. The fourth-order valence-corrected chi connectivity index (χ4v) is 6.20. The SMILES string of the molecule is CCn1nc(C(=O)NCC2(O)CCC(S(C)(=O)=O)CC2)c(Cl)c1-c1ccc(CC(C)(C)C(F)(F)F)cc1OC. The molecule has 1 aliphatic carbocycles. The van der Waals surface area contributed by atoms with Gasteiger partial charge in [0, 0.05) is 24.9 Å². The van der Waals surface area contributed by atoms with Crippen molar-refractivity contribution >= 4 is 27.3 Å². The van der Waals surface area contributed by atoms with Gasteiger partial charge < -0.3 is 15.2 Å². The molecular weight excluding hydrogens is 559 g/mol. The van der Waals surface area contributed by atoms with E-state index in [1.165, 1.54) is 24.1 Å². The van der Waals surface area contributed by atoms with Gasteiger partial charge in [-0.3, -0.25) is 9.48 Å². The molecule has 0 bridgehead atoms. The lowest BCUT2D eigenvalue weighted by molar-refractivity contribution is -0.211. The molecule has 0 spiro atoms. The van der Waals surface area contributed by atoms with Crippen molar-refractivity contribution < 1.29 is 36.2 Å².